The van der Waals surface area contributed by atoms with Crippen LogP contribution in [0.5, 0.6) is 0 Å². The van der Waals surface area contributed by atoms with Gasteiger partial charge in [-0.25, -0.2) is 9.97 Å². The Morgan fingerprint density at radius 3 is 2.81 bits per heavy atom. The van der Waals surface area contributed by atoms with Crippen molar-refractivity contribution in [3.8, 4) is 6.07 Å². The zero-order valence-corrected chi connectivity index (χ0v) is 14.6. The molecule has 0 spiro atoms. The molecule has 0 radical (unpaired) electrons. The number of hydrogen-bond donors (Lipinski definition) is 3. The van der Waals surface area contributed by atoms with Crippen molar-refractivity contribution in [1.29, 1.82) is 5.26 Å². The highest BCUT2D eigenvalue weighted by atomic mass is 15.1. The van der Waals surface area contributed by atoms with Crippen molar-refractivity contribution < 1.29 is 0 Å². The molecular formula is C21H18N6. The monoisotopic (exact) mass is 354 g/mol. The van der Waals surface area contributed by atoms with Gasteiger partial charge >= 0.3 is 0 Å². The van der Waals surface area contributed by atoms with E-state index in [9.17, 15) is 0 Å². The molecule has 0 aliphatic rings. The van der Waals surface area contributed by atoms with Gasteiger partial charge in [0.05, 0.1) is 11.6 Å². The van der Waals surface area contributed by atoms with Crippen molar-refractivity contribution in [2.45, 2.75) is 6.42 Å². The first-order chi connectivity index (χ1) is 13.3. The van der Waals surface area contributed by atoms with Gasteiger partial charge in [-0.2, -0.15) is 5.26 Å². The summed E-state index contributed by atoms with van der Waals surface area (Å²) in [6.45, 7) is 0.766. The average molecular weight is 354 g/mol. The normalized spacial score (nSPS) is 10.5. The summed E-state index contributed by atoms with van der Waals surface area (Å²) in [6.07, 6.45) is 4.47. The zero-order chi connectivity index (χ0) is 18.5. The highest BCUT2D eigenvalue weighted by Gasteiger charge is 2.04. The lowest BCUT2D eigenvalue weighted by atomic mass is 10.1. The second kappa shape index (κ2) is 7.58. The Balaban J connectivity index is 1.40. The van der Waals surface area contributed by atoms with Gasteiger partial charge in [-0.15, -0.1) is 0 Å². The molecule has 4 aromatic rings. The number of aromatic nitrogens is 3. The molecule has 0 saturated heterocycles. The lowest BCUT2D eigenvalue weighted by Gasteiger charge is -2.09. The summed E-state index contributed by atoms with van der Waals surface area (Å²) in [5, 5.41) is 16.8. The molecule has 2 aromatic carbocycles. The summed E-state index contributed by atoms with van der Waals surface area (Å²) in [4.78, 5) is 11.8. The number of nitrogens with one attached hydrogen (secondary N) is 3. The molecule has 0 aliphatic carbocycles. The fourth-order valence-electron chi connectivity index (χ4n) is 3.00. The van der Waals surface area contributed by atoms with E-state index in [2.05, 4.69) is 56.1 Å². The molecule has 2 aromatic heterocycles. The summed E-state index contributed by atoms with van der Waals surface area (Å²) in [7, 11) is 0. The van der Waals surface area contributed by atoms with Crippen LogP contribution in [0.2, 0.25) is 0 Å². The van der Waals surface area contributed by atoms with Crippen LogP contribution in [0.15, 0.2) is 67.1 Å². The van der Waals surface area contributed by atoms with Gasteiger partial charge in [0.2, 0.25) is 0 Å². The molecule has 0 atom stereocenters. The highest BCUT2D eigenvalue weighted by molar-refractivity contribution is 5.83. The average Bonchev–Trinajstić information content (AvgIpc) is 3.12. The van der Waals surface area contributed by atoms with Crippen molar-refractivity contribution in [1.82, 2.24) is 15.0 Å². The Hall–Kier alpha value is -3.85. The molecule has 2 heterocycles. The number of aromatic amines is 1. The fraction of sp³-hybridized carbons (Fsp3) is 0.0952. The topological polar surface area (TPSA) is 89.4 Å². The standard InChI is InChI=1S/C21H18N6/c22-12-15-4-3-5-17(10-15)27-21-11-20(25-14-26-21)23-9-8-16-13-24-19-7-2-1-6-18(16)19/h1-7,10-11,13-14,24H,8-9H2,(H2,23,25,26,27). The minimum atomic E-state index is 0.603. The highest BCUT2D eigenvalue weighted by Crippen LogP contribution is 2.19. The summed E-state index contributed by atoms with van der Waals surface area (Å²) in [5.74, 6) is 1.43. The van der Waals surface area contributed by atoms with Crippen LogP contribution in [0.3, 0.4) is 0 Å². The number of fused-ring (bicyclic) bond motifs is 1. The molecule has 0 amide bonds. The summed E-state index contributed by atoms with van der Waals surface area (Å²) >= 11 is 0. The van der Waals surface area contributed by atoms with E-state index in [4.69, 9.17) is 5.26 Å². The van der Waals surface area contributed by atoms with Gasteiger partial charge in [-0.3, -0.25) is 0 Å². The van der Waals surface area contributed by atoms with Gasteiger partial charge in [0.25, 0.3) is 0 Å². The molecule has 6 heteroatoms. The number of nitrogens with zero attached hydrogens (tertiary/aromatic N) is 3. The molecule has 4 rings (SSSR count). The molecular weight excluding hydrogens is 336 g/mol. The van der Waals surface area contributed by atoms with Gasteiger partial charge in [-0.05, 0) is 36.2 Å². The third-order valence-corrected chi connectivity index (χ3v) is 4.31. The number of H-pyrrole nitrogens is 1. The van der Waals surface area contributed by atoms with Crippen molar-refractivity contribution >= 4 is 28.2 Å². The summed E-state index contributed by atoms with van der Waals surface area (Å²) in [6, 6.07) is 19.6. The minimum Gasteiger partial charge on any atom is -0.370 e. The molecule has 3 N–H and O–H groups in total. The van der Waals surface area contributed by atoms with Crippen LogP contribution in [-0.2, 0) is 6.42 Å². The largest absolute Gasteiger partial charge is 0.370 e. The number of para-hydroxylation sites is 1. The molecule has 132 valence electrons. The Bertz CT molecular complexity index is 1110. The van der Waals surface area contributed by atoms with E-state index in [1.54, 1.807) is 12.1 Å². The first-order valence-electron chi connectivity index (χ1n) is 8.70. The maximum atomic E-state index is 9.00. The van der Waals surface area contributed by atoms with Gasteiger partial charge in [0, 0.05) is 35.4 Å². The van der Waals surface area contributed by atoms with Gasteiger partial charge < -0.3 is 15.6 Å². The van der Waals surface area contributed by atoms with Crippen molar-refractivity contribution in [3.63, 3.8) is 0 Å². The van der Waals surface area contributed by atoms with Crippen LogP contribution in [-0.4, -0.2) is 21.5 Å². The fourth-order valence-corrected chi connectivity index (χ4v) is 3.00. The van der Waals surface area contributed by atoms with Crippen LogP contribution >= 0.6 is 0 Å². The van der Waals surface area contributed by atoms with Crippen molar-refractivity contribution in [2.24, 2.45) is 0 Å². The Morgan fingerprint density at radius 1 is 1.00 bits per heavy atom. The number of nitriles is 1. The van der Waals surface area contributed by atoms with E-state index in [-0.39, 0.29) is 0 Å². The Kier molecular flexibility index (Phi) is 4.66. The predicted octanol–water partition coefficient (Wildman–Crippen LogP) is 4.23. The van der Waals surface area contributed by atoms with Crippen LogP contribution in [0.1, 0.15) is 11.1 Å². The lowest BCUT2D eigenvalue weighted by molar-refractivity contribution is 1.01. The SMILES string of the molecule is N#Cc1cccc(Nc2cc(NCCc3c[nH]c4ccccc34)ncn2)c1. The quantitative estimate of drug-likeness (QED) is 0.482. The maximum absolute atomic E-state index is 9.00. The Labute approximate surface area is 156 Å². The van der Waals surface area contributed by atoms with Crippen LogP contribution in [0, 0.1) is 11.3 Å². The number of hydrogen-bond acceptors (Lipinski definition) is 5. The van der Waals surface area contributed by atoms with E-state index in [0.29, 0.717) is 11.4 Å². The first kappa shape index (κ1) is 16.6. The van der Waals surface area contributed by atoms with Crippen LogP contribution < -0.4 is 10.6 Å². The minimum absolute atomic E-state index is 0.603. The van der Waals surface area contributed by atoms with E-state index in [1.165, 1.54) is 17.3 Å². The molecule has 0 saturated carbocycles. The molecule has 0 bridgehead atoms. The van der Waals surface area contributed by atoms with Crippen LogP contribution in [0.4, 0.5) is 17.3 Å². The number of anilines is 3. The molecule has 0 unspecified atom stereocenters. The number of rotatable bonds is 6. The summed E-state index contributed by atoms with van der Waals surface area (Å²) < 4.78 is 0. The third-order valence-electron chi connectivity index (χ3n) is 4.31. The van der Waals surface area contributed by atoms with Crippen LogP contribution in [0.25, 0.3) is 10.9 Å². The molecule has 0 aliphatic heterocycles. The number of benzene rings is 2. The first-order valence-corrected chi connectivity index (χ1v) is 8.70. The molecule has 6 nitrogen and oxygen atoms in total. The van der Waals surface area contributed by atoms with E-state index >= 15 is 0 Å². The second-order valence-electron chi connectivity index (χ2n) is 6.14. The van der Waals surface area contributed by atoms with Gasteiger partial charge in [0.15, 0.2) is 0 Å². The van der Waals surface area contributed by atoms with Gasteiger partial charge in [0.1, 0.15) is 18.0 Å². The predicted molar refractivity (Wildman–Crippen MR) is 107 cm³/mol. The second-order valence-corrected chi connectivity index (χ2v) is 6.14. The van der Waals surface area contributed by atoms with E-state index in [0.717, 1.165) is 30.0 Å². The maximum Gasteiger partial charge on any atom is 0.135 e. The smallest absolute Gasteiger partial charge is 0.135 e. The third kappa shape index (κ3) is 3.88. The Morgan fingerprint density at radius 2 is 1.89 bits per heavy atom. The van der Waals surface area contributed by atoms with E-state index in [1.807, 2.05) is 24.3 Å². The molecule has 27 heavy (non-hydrogen) atoms. The summed E-state index contributed by atoms with van der Waals surface area (Å²) in [5.41, 5.74) is 3.85. The lowest BCUT2D eigenvalue weighted by Crippen LogP contribution is -2.07. The van der Waals surface area contributed by atoms with E-state index < -0.39 is 0 Å². The van der Waals surface area contributed by atoms with Gasteiger partial charge in [-0.1, -0.05) is 24.3 Å². The zero-order valence-electron chi connectivity index (χ0n) is 14.6. The van der Waals surface area contributed by atoms with Crippen molar-refractivity contribution in [3.05, 3.63) is 78.2 Å². The van der Waals surface area contributed by atoms with Crippen molar-refractivity contribution in [2.75, 3.05) is 17.2 Å². The molecule has 0 fully saturated rings.